The Morgan fingerprint density at radius 2 is 1.77 bits per heavy atom. The lowest BCUT2D eigenvalue weighted by Gasteiger charge is -2.14. The third kappa shape index (κ3) is 4.41. The molecule has 0 saturated heterocycles. The quantitative estimate of drug-likeness (QED) is 0.494. The summed E-state index contributed by atoms with van der Waals surface area (Å²) in [5.74, 6) is 0.911. The van der Waals surface area contributed by atoms with Gasteiger partial charge in [0.2, 0.25) is 0 Å². The minimum Gasteiger partial charge on any atom is -0.387 e. The molecule has 1 unspecified atom stereocenters. The maximum atomic E-state index is 9.96. The van der Waals surface area contributed by atoms with Gasteiger partial charge in [0.1, 0.15) is 5.82 Å². The van der Waals surface area contributed by atoms with Crippen LogP contribution in [0.5, 0.6) is 0 Å². The van der Waals surface area contributed by atoms with Crippen molar-refractivity contribution in [1.82, 2.24) is 9.55 Å². The minimum atomic E-state index is -0.667. The van der Waals surface area contributed by atoms with Crippen molar-refractivity contribution in [2.24, 2.45) is 5.73 Å². The minimum absolute atomic E-state index is 0.186. The van der Waals surface area contributed by atoms with Gasteiger partial charge in [0.05, 0.1) is 23.4 Å². The molecule has 0 aliphatic heterocycles. The van der Waals surface area contributed by atoms with Crippen molar-refractivity contribution in [3.63, 3.8) is 0 Å². The molecule has 1 heterocycles. The van der Waals surface area contributed by atoms with E-state index in [1.807, 2.05) is 85.9 Å². The van der Waals surface area contributed by atoms with Crippen LogP contribution < -0.4 is 5.73 Å². The number of aliphatic hydroxyl groups excluding tert-OH is 1. The van der Waals surface area contributed by atoms with Crippen LogP contribution in [-0.2, 0) is 6.54 Å². The molecule has 0 spiro atoms. The number of nitrogens with two attached hydrogens (primary N) is 1. The van der Waals surface area contributed by atoms with Crippen molar-refractivity contribution in [3.8, 4) is 28.5 Å². The van der Waals surface area contributed by atoms with Gasteiger partial charge in [-0.25, -0.2) is 4.98 Å². The van der Waals surface area contributed by atoms with Crippen molar-refractivity contribution < 1.29 is 5.11 Å². The van der Waals surface area contributed by atoms with Crippen LogP contribution in [0.3, 0.4) is 0 Å². The topological polar surface area (TPSA) is 87.9 Å². The predicted octanol–water partition coefficient (Wildman–Crippen LogP) is 4.44. The SMILES string of the molecule is Cc1nc(-c2ccccc2)cn1Cc1cc(C#N)ccc1-c1ccc(C(O)CN)cc1. The van der Waals surface area contributed by atoms with Crippen LogP contribution in [0.4, 0.5) is 0 Å². The first-order valence-corrected chi connectivity index (χ1v) is 10.2. The highest BCUT2D eigenvalue weighted by molar-refractivity contribution is 5.69. The second-order valence-corrected chi connectivity index (χ2v) is 7.52. The summed E-state index contributed by atoms with van der Waals surface area (Å²) in [4.78, 5) is 4.72. The van der Waals surface area contributed by atoms with E-state index in [-0.39, 0.29) is 6.54 Å². The summed E-state index contributed by atoms with van der Waals surface area (Å²) < 4.78 is 2.11. The number of aromatic nitrogens is 2. The van der Waals surface area contributed by atoms with Crippen LogP contribution in [0.1, 0.15) is 28.6 Å². The normalized spacial score (nSPS) is 11.8. The molecule has 1 atom stereocenters. The van der Waals surface area contributed by atoms with Gasteiger partial charge >= 0.3 is 0 Å². The third-order valence-corrected chi connectivity index (χ3v) is 5.45. The summed E-state index contributed by atoms with van der Waals surface area (Å²) in [5, 5.41) is 19.4. The van der Waals surface area contributed by atoms with E-state index in [0.29, 0.717) is 12.1 Å². The number of imidazole rings is 1. The van der Waals surface area contributed by atoms with Gasteiger partial charge in [-0.2, -0.15) is 5.26 Å². The molecule has 0 radical (unpaired) electrons. The predicted molar refractivity (Wildman–Crippen MR) is 122 cm³/mol. The van der Waals surface area contributed by atoms with Gasteiger partial charge in [0.15, 0.2) is 0 Å². The van der Waals surface area contributed by atoms with Crippen LogP contribution in [0.15, 0.2) is 79.0 Å². The second kappa shape index (κ2) is 8.97. The van der Waals surface area contributed by atoms with Crippen LogP contribution in [0, 0.1) is 18.3 Å². The molecular weight excluding hydrogens is 384 g/mol. The fourth-order valence-electron chi connectivity index (χ4n) is 3.70. The van der Waals surface area contributed by atoms with Crippen LogP contribution >= 0.6 is 0 Å². The lowest BCUT2D eigenvalue weighted by Crippen LogP contribution is -2.11. The number of rotatable bonds is 6. The Morgan fingerprint density at radius 1 is 1.03 bits per heavy atom. The Morgan fingerprint density at radius 3 is 2.45 bits per heavy atom. The van der Waals surface area contributed by atoms with E-state index < -0.39 is 6.10 Å². The molecule has 4 rings (SSSR count). The summed E-state index contributed by atoms with van der Waals surface area (Å²) in [6.07, 6.45) is 1.38. The number of benzene rings is 3. The summed E-state index contributed by atoms with van der Waals surface area (Å²) in [6.45, 7) is 2.78. The smallest absolute Gasteiger partial charge is 0.106 e. The number of nitrogens with zero attached hydrogens (tertiary/aromatic N) is 3. The summed E-state index contributed by atoms with van der Waals surface area (Å²) in [6, 6.07) is 25.8. The molecule has 5 heteroatoms. The second-order valence-electron chi connectivity index (χ2n) is 7.52. The molecular formula is C26H24N4O. The first-order valence-electron chi connectivity index (χ1n) is 10.2. The molecule has 0 fully saturated rings. The van der Waals surface area contributed by atoms with Crippen molar-refractivity contribution in [2.45, 2.75) is 19.6 Å². The maximum Gasteiger partial charge on any atom is 0.106 e. The zero-order chi connectivity index (χ0) is 21.8. The van der Waals surface area contributed by atoms with E-state index in [0.717, 1.165) is 39.3 Å². The molecule has 3 aromatic carbocycles. The Labute approximate surface area is 182 Å². The fourth-order valence-corrected chi connectivity index (χ4v) is 3.70. The Balaban J connectivity index is 1.70. The molecule has 4 aromatic rings. The number of hydrogen-bond acceptors (Lipinski definition) is 4. The molecule has 0 amide bonds. The first-order chi connectivity index (χ1) is 15.1. The average Bonchev–Trinajstić information content (AvgIpc) is 3.19. The van der Waals surface area contributed by atoms with E-state index in [2.05, 4.69) is 10.6 Å². The monoisotopic (exact) mass is 408 g/mol. The van der Waals surface area contributed by atoms with Crippen LogP contribution in [-0.4, -0.2) is 21.2 Å². The standard InChI is InChI=1S/C26H24N4O/c1-18-29-25(21-5-3-2-4-6-21)17-30(18)16-23-13-19(14-27)7-12-24(23)20-8-10-22(11-9-20)26(31)15-28/h2-13,17,26,31H,15-16,28H2,1H3. The third-order valence-electron chi connectivity index (χ3n) is 5.45. The number of aliphatic hydroxyl groups is 1. The van der Waals surface area contributed by atoms with Crippen molar-refractivity contribution in [1.29, 1.82) is 5.26 Å². The van der Waals surface area contributed by atoms with E-state index >= 15 is 0 Å². The summed E-state index contributed by atoms with van der Waals surface area (Å²) >= 11 is 0. The largest absolute Gasteiger partial charge is 0.387 e. The Hall–Kier alpha value is -3.72. The maximum absolute atomic E-state index is 9.96. The average molecular weight is 409 g/mol. The molecule has 0 bridgehead atoms. The Kier molecular flexibility index (Phi) is 5.94. The van der Waals surface area contributed by atoms with Gasteiger partial charge in [-0.05, 0) is 41.3 Å². The molecule has 0 saturated carbocycles. The zero-order valence-corrected chi connectivity index (χ0v) is 17.4. The van der Waals surface area contributed by atoms with Gasteiger partial charge in [0, 0.05) is 24.8 Å². The highest BCUT2D eigenvalue weighted by atomic mass is 16.3. The molecule has 154 valence electrons. The molecule has 31 heavy (non-hydrogen) atoms. The zero-order valence-electron chi connectivity index (χ0n) is 17.4. The molecule has 5 nitrogen and oxygen atoms in total. The lowest BCUT2D eigenvalue weighted by molar-refractivity contribution is 0.187. The van der Waals surface area contributed by atoms with E-state index in [9.17, 15) is 10.4 Å². The van der Waals surface area contributed by atoms with E-state index in [4.69, 9.17) is 10.7 Å². The van der Waals surface area contributed by atoms with Crippen molar-refractivity contribution >= 4 is 0 Å². The van der Waals surface area contributed by atoms with Crippen molar-refractivity contribution in [2.75, 3.05) is 6.54 Å². The summed E-state index contributed by atoms with van der Waals surface area (Å²) in [5.41, 5.74) is 12.1. The molecule has 1 aromatic heterocycles. The number of aryl methyl sites for hydroxylation is 1. The lowest BCUT2D eigenvalue weighted by atomic mass is 9.96. The summed E-state index contributed by atoms with van der Waals surface area (Å²) in [7, 11) is 0. The first kappa shape index (κ1) is 20.5. The van der Waals surface area contributed by atoms with Gasteiger partial charge in [-0.15, -0.1) is 0 Å². The van der Waals surface area contributed by atoms with Crippen molar-refractivity contribution in [3.05, 3.63) is 102 Å². The van der Waals surface area contributed by atoms with Gasteiger partial charge in [-0.3, -0.25) is 0 Å². The molecule has 3 N–H and O–H groups in total. The van der Waals surface area contributed by atoms with Crippen LogP contribution in [0.2, 0.25) is 0 Å². The highest BCUT2D eigenvalue weighted by Crippen LogP contribution is 2.28. The fraction of sp³-hybridized carbons (Fsp3) is 0.154. The van der Waals surface area contributed by atoms with E-state index in [1.54, 1.807) is 0 Å². The van der Waals surface area contributed by atoms with E-state index in [1.165, 1.54) is 0 Å². The molecule has 0 aliphatic rings. The van der Waals surface area contributed by atoms with Crippen LogP contribution in [0.25, 0.3) is 22.4 Å². The van der Waals surface area contributed by atoms with Gasteiger partial charge in [0.25, 0.3) is 0 Å². The number of nitriles is 1. The van der Waals surface area contributed by atoms with Gasteiger partial charge in [-0.1, -0.05) is 60.7 Å². The number of hydrogen-bond donors (Lipinski definition) is 2. The highest BCUT2D eigenvalue weighted by Gasteiger charge is 2.12. The van der Waals surface area contributed by atoms with Gasteiger partial charge < -0.3 is 15.4 Å². The molecule has 0 aliphatic carbocycles. The Bertz CT molecular complexity index is 1220.